The van der Waals surface area contributed by atoms with E-state index in [4.69, 9.17) is 0 Å². The predicted octanol–water partition coefficient (Wildman–Crippen LogP) is 3.21. The fraction of sp³-hybridized carbons (Fsp3) is 0.529. The second kappa shape index (κ2) is 5.97. The van der Waals surface area contributed by atoms with Crippen LogP contribution < -0.4 is 0 Å². The molecule has 0 aliphatic carbocycles. The molecule has 1 aromatic rings. The van der Waals surface area contributed by atoms with E-state index in [9.17, 15) is 17.8 Å². The second-order valence-corrected chi connectivity index (χ2v) is 8.84. The maximum absolute atomic E-state index is 12.1. The van der Waals surface area contributed by atoms with Crippen LogP contribution in [0.3, 0.4) is 0 Å². The fourth-order valence-electron chi connectivity index (χ4n) is 3.91. The SMILES string of the molecule is CC(=O)N1C(C)(C)CC(=Nc2ccccc2S(=O)(=O)O)CC1(C)C. The Morgan fingerprint density at radius 3 is 2.08 bits per heavy atom. The average Bonchev–Trinajstić information content (AvgIpc) is 2.33. The largest absolute Gasteiger partial charge is 0.332 e. The Morgan fingerprint density at radius 1 is 1.12 bits per heavy atom. The Morgan fingerprint density at radius 2 is 1.62 bits per heavy atom. The highest BCUT2D eigenvalue weighted by atomic mass is 32.2. The minimum Gasteiger partial charge on any atom is -0.332 e. The summed E-state index contributed by atoms with van der Waals surface area (Å²) in [6.07, 6.45) is 1.08. The zero-order valence-corrected chi connectivity index (χ0v) is 15.5. The molecular formula is C17H24N2O4S. The molecule has 0 saturated carbocycles. The van der Waals surface area contributed by atoms with Crippen LogP contribution in [-0.2, 0) is 14.9 Å². The molecular weight excluding hydrogens is 328 g/mol. The van der Waals surface area contributed by atoms with Crippen molar-refractivity contribution in [2.45, 2.75) is 63.4 Å². The molecule has 2 rings (SSSR count). The normalized spacial score (nSPS) is 19.9. The summed E-state index contributed by atoms with van der Waals surface area (Å²) in [5.41, 5.74) is 0.162. The van der Waals surface area contributed by atoms with E-state index in [-0.39, 0.29) is 16.5 Å². The van der Waals surface area contributed by atoms with Crippen LogP contribution in [0.5, 0.6) is 0 Å². The molecule has 7 heteroatoms. The molecule has 0 aromatic heterocycles. The molecule has 24 heavy (non-hydrogen) atoms. The van der Waals surface area contributed by atoms with E-state index in [0.29, 0.717) is 12.8 Å². The van der Waals surface area contributed by atoms with Crippen LogP contribution in [0, 0.1) is 0 Å². The van der Waals surface area contributed by atoms with Crippen LogP contribution >= 0.6 is 0 Å². The van der Waals surface area contributed by atoms with Crippen LogP contribution in [0.15, 0.2) is 34.2 Å². The molecule has 1 saturated heterocycles. The first kappa shape index (κ1) is 18.6. The zero-order valence-electron chi connectivity index (χ0n) is 14.7. The highest BCUT2D eigenvalue weighted by Crippen LogP contribution is 2.38. The predicted molar refractivity (Wildman–Crippen MR) is 93.3 cm³/mol. The maximum atomic E-state index is 12.1. The number of amides is 1. The molecule has 6 nitrogen and oxygen atoms in total. The number of hydrogen-bond acceptors (Lipinski definition) is 4. The molecule has 1 heterocycles. The van der Waals surface area contributed by atoms with Crippen molar-refractivity contribution < 1.29 is 17.8 Å². The van der Waals surface area contributed by atoms with Crippen molar-refractivity contribution in [1.82, 2.24) is 4.90 Å². The van der Waals surface area contributed by atoms with Gasteiger partial charge in [0.1, 0.15) is 4.90 Å². The average molecular weight is 352 g/mol. The van der Waals surface area contributed by atoms with Gasteiger partial charge in [0.05, 0.1) is 5.69 Å². The number of para-hydroxylation sites is 1. The quantitative estimate of drug-likeness (QED) is 0.828. The van der Waals surface area contributed by atoms with Gasteiger partial charge in [-0.05, 0) is 39.8 Å². The second-order valence-electron chi connectivity index (χ2n) is 7.45. The van der Waals surface area contributed by atoms with Crippen LogP contribution in [0.25, 0.3) is 0 Å². The minimum absolute atomic E-state index is 0.00221. The van der Waals surface area contributed by atoms with E-state index in [1.54, 1.807) is 25.1 Å². The molecule has 0 unspecified atom stereocenters. The van der Waals surface area contributed by atoms with Gasteiger partial charge in [0.25, 0.3) is 10.1 Å². The highest BCUT2D eigenvalue weighted by Gasteiger charge is 2.45. The van der Waals surface area contributed by atoms with Crippen molar-refractivity contribution in [1.29, 1.82) is 0 Å². The lowest BCUT2D eigenvalue weighted by molar-refractivity contribution is -0.142. The maximum Gasteiger partial charge on any atom is 0.296 e. The van der Waals surface area contributed by atoms with Gasteiger partial charge in [-0.15, -0.1) is 0 Å². The topological polar surface area (TPSA) is 87.0 Å². The van der Waals surface area contributed by atoms with Crippen LogP contribution in [0.2, 0.25) is 0 Å². The number of aliphatic imine (C=N–C) groups is 1. The first-order valence-electron chi connectivity index (χ1n) is 7.78. The first-order chi connectivity index (χ1) is 10.8. The smallest absolute Gasteiger partial charge is 0.296 e. The van der Waals surface area contributed by atoms with E-state index >= 15 is 0 Å². The minimum atomic E-state index is -4.34. The molecule has 0 bridgehead atoms. The highest BCUT2D eigenvalue weighted by molar-refractivity contribution is 7.86. The third kappa shape index (κ3) is 3.67. The number of carbonyl (C=O) groups excluding carboxylic acids is 1. The molecule has 1 fully saturated rings. The van der Waals surface area contributed by atoms with Gasteiger partial charge in [-0.3, -0.25) is 14.3 Å². The number of piperidine rings is 1. The number of rotatable bonds is 2. The number of nitrogens with zero attached hydrogens (tertiary/aromatic N) is 2. The third-order valence-electron chi connectivity index (χ3n) is 4.22. The molecule has 0 radical (unpaired) electrons. The molecule has 0 spiro atoms. The van der Waals surface area contributed by atoms with E-state index in [2.05, 4.69) is 4.99 Å². The Labute approximate surface area is 143 Å². The van der Waals surface area contributed by atoms with Gasteiger partial charge in [0.2, 0.25) is 5.91 Å². The van der Waals surface area contributed by atoms with Crippen molar-refractivity contribution in [3.05, 3.63) is 24.3 Å². The summed E-state index contributed by atoms with van der Waals surface area (Å²) in [6, 6.07) is 6.11. The van der Waals surface area contributed by atoms with Crippen molar-refractivity contribution in [3.8, 4) is 0 Å². The van der Waals surface area contributed by atoms with E-state index in [1.165, 1.54) is 6.07 Å². The summed E-state index contributed by atoms with van der Waals surface area (Å²) in [7, 11) is -4.34. The lowest BCUT2D eigenvalue weighted by Crippen LogP contribution is -2.62. The van der Waals surface area contributed by atoms with Crippen molar-refractivity contribution in [3.63, 3.8) is 0 Å². The summed E-state index contributed by atoms with van der Waals surface area (Å²) in [4.78, 5) is 18.2. The van der Waals surface area contributed by atoms with Gasteiger partial charge < -0.3 is 4.90 Å². The van der Waals surface area contributed by atoms with Crippen LogP contribution in [0.1, 0.15) is 47.5 Å². The monoisotopic (exact) mass is 352 g/mol. The van der Waals surface area contributed by atoms with Crippen LogP contribution in [0.4, 0.5) is 5.69 Å². The van der Waals surface area contributed by atoms with Gasteiger partial charge in [-0.2, -0.15) is 8.42 Å². The van der Waals surface area contributed by atoms with Gasteiger partial charge >= 0.3 is 0 Å². The van der Waals surface area contributed by atoms with Gasteiger partial charge in [-0.25, -0.2) is 0 Å². The lowest BCUT2D eigenvalue weighted by Gasteiger charge is -2.52. The third-order valence-corrected chi connectivity index (χ3v) is 5.12. The first-order valence-corrected chi connectivity index (χ1v) is 9.22. The standard InChI is InChI=1S/C17H24N2O4S/c1-12(20)19-16(2,3)10-13(11-17(19,4)5)18-14-8-6-7-9-15(14)24(21,22)23/h6-9H,10-11H2,1-5H3,(H,21,22,23). The molecule has 1 aromatic carbocycles. The molecule has 1 aliphatic heterocycles. The molecule has 132 valence electrons. The summed E-state index contributed by atoms with van der Waals surface area (Å²) >= 11 is 0. The van der Waals surface area contributed by atoms with Crippen molar-refractivity contribution >= 4 is 27.4 Å². The van der Waals surface area contributed by atoms with Crippen LogP contribution in [-0.4, -0.2) is 40.6 Å². The number of likely N-dealkylation sites (tertiary alicyclic amines) is 1. The summed E-state index contributed by atoms with van der Waals surface area (Å²) < 4.78 is 32.4. The van der Waals surface area contributed by atoms with E-state index in [0.717, 1.165) is 5.71 Å². The number of hydrogen-bond donors (Lipinski definition) is 1. The van der Waals surface area contributed by atoms with Gasteiger partial charge in [0, 0.05) is 36.6 Å². The summed E-state index contributed by atoms with van der Waals surface area (Å²) in [5, 5.41) is 0. The van der Waals surface area contributed by atoms with E-state index in [1.807, 2.05) is 32.6 Å². The Kier molecular flexibility index (Phi) is 4.63. The Hall–Kier alpha value is -1.73. The Balaban J connectivity index is 2.49. The summed E-state index contributed by atoms with van der Waals surface area (Å²) in [5.74, 6) is 0.00221. The van der Waals surface area contributed by atoms with E-state index < -0.39 is 21.2 Å². The van der Waals surface area contributed by atoms with Crippen molar-refractivity contribution in [2.24, 2.45) is 4.99 Å². The summed E-state index contributed by atoms with van der Waals surface area (Å²) in [6.45, 7) is 9.44. The number of carbonyl (C=O) groups is 1. The molecule has 1 N–H and O–H groups in total. The van der Waals surface area contributed by atoms with Crippen molar-refractivity contribution in [2.75, 3.05) is 0 Å². The molecule has 1 aliphatic rings. The van der Waals surface area contributed by atoms with Gasteiger partial charge in [0.15, 0.2) is 0 Å². The number of benzene rings is 1. The fourth-order valence-corrected chi connectivity index (χ4v) is 4.54. The molecule has 0 atom stereocenters. The lowest BCUT2D eigenvalue weighted by atomic mass is 9.78. The molecule has 1 amide bonds. The zero-order chi connectivity index (χ0) is 18.3. The Bertz CT molecular complexity index is 775. The van der Waals surface area contributed by atoms with Gasteiger partial charge in [-0.1, -0.05) is 12.1 Å².